The molecular weight excluding hydrogens is 321 g/mol. The fraction of sp³-hybridized carbons (Fsp3) is 0.467. The monoisotopic (exact) mass is 339 g/mol. The Balaban J connectivity index is 2.06. The number of aromatic nitrogens is 3. The molecular formula is C15H18FN3O3S. The molecule has 0 unspecified atom stereocenters. The summed E-state index contributed by atoms with van der Waals surface area (Å²) in [5.74, 6) is -0.00653. The van der Waals surface area contributed by atoms with Gasteiger partial charge >= 0.3 is 0 Å². The third-order valence-corrected chi connectivity index (χ3v) is 5.51. The third-order valence-electron chi connectivity index (χ3n) is 3.89. The molecule has 0 radical (unpaired) electrons. The van der Waals surface area contributed by atoms with Crippen molar-refractivity contribution in [2.24, 2.45) is 0 Å². The van der Waals surface area contributed by atoms with Gasteiger partial charge in [-0.3, -0.25) is 4.57 Å². The van der Waals surface area contributed by atoms with Crippen LogP contribution in [0.15, 0.2) is 29.4 Å². The molecule has 0 N–H and O–H groups in total. The minimum atomic E-state index is -3.51. The van der Waals surface area contributed by atoms with Gasteiger partial charge in [0.25, 0.3) is 0 Å². The fourth-order valence-electron chi connectivity index (χ4n) is 2.62. The van der Waals surface area contributed by atoms with E-state index < -0.39 is 9.84 Å². The molecule has 0 amide bonds. The predicted molar refractivity (Wildman–Crippen MR) is 82.1 cm³/mol. The van der Waals surface area contributed by atoms with Gasteiger partial charge in [-0.1, -0.05) is 6.92 Å². The lowest BCUT2D eigenvalue weighted by atomic mass is 10.2. The maximum Gasteiger partial charge on any atom is 0.250 e. The van der Waals surface area contributed by atoms with Gasteiger partial charge < -0.3 is 4.74 Å². The Morgan fingerprint density at radius 3 is 2.65 bits per heavy atom. The summed E-state index contributed by atoms with van der Waals surface area (Å²) in [4.78, 5) is 0. The Bertz CT molecular complexity index is 781. The van der Waals surface area contributed by atoms with Crippen molar-refractivity contribution in [3.05, 3.63) is 30.1 Å². The largest absolute Gasteiger partial charge is 0.376 e. The van der Waals surface area contributed by atoms with Crippen LogP contribution in [-0.4, -0.2) is 41.6 Å². The van der Waals surface area contributed by atoms with E-state index in [1.54, 1.807) is 23.6 Å². The highest BCUT2D eigenvalue weighted by Crippen LogP contribution is 2.24. The van der Waals surface area contributed by atoms with Crippen molar-refractivity contribution in [1.29, 1.82) is 0 Å². The summed E-state index contributed by atoms with van der Waals surface area (Å²) in [6, 6.07) is 5.75. The van der Waals surface area contributed by atoms with Crippen molar-refractivity contribution < 1.29 is 17.5 Å². The topological polar surface area (TPSA) is 74.1 Å². The second-order valence-corrected chi connectivity index (χ2v) is 7.63. The zero-order valence-corrected chi connectivity index (χ0v) is 13.6. The van der Waals surface area contributed by atoms with Gasteiger partial charge in [0.1, 0.15) is 5.82 Å². The number of sulfone groups is 1. The van der Waals surface area contributed by atoms with Crippen LogP contribution in [0.2, 0.25) is 0 Å². The molecule has 1 aromatic carbocycles. The predicted octanol–water partition coefficient (Wildman–Crippen LogP) is 2.06. The molecule has 23 heavy (non-hydrogen) atoms. The molecule has 1 saturated heterocycles. The molecule has 1 fully saturated rings. The maximum atomic E-state index is 13.1. The molecule has 0 aliphatic carbocycles. The average Bonchev–Trinajstić information content (AvgIpc) is 3.19. The lowest BCUT2D eigenvalue weighted by Crippen LogP contribution is -2.20. The van der Waals surface area contributed by atoms with Crippen molar-refractivity contribution in [3.63, 3.8) is 0 Å². The lowest BCUT2D eigenvalue weighted by molar-refractivity contribution is 0.0952. The van der Waals surface area contributed by atoms with Gasteiger partial charge in [0, 0.05) is 12.2 Å². The van der Waals surface area contributed by atoms with Gasteiger partial charge in [0.2, 0.25) is 15.0 Å². The van der Waals surface area contributed by atoms with Crippen LogP contribution in [0.1, 0.15) is 19.8 Å². The van der Waals surface area contributed by atoms with E-state index in [0.29, 0.717) is 24.5 Å². The highest BCUT2D eigenvalue weighted by Gasteiger charge is 2.27. The SMILES string of the molecule is CCS(=O)(=O)c1nnc(-c2ccc(F)cc2)n1C[C@H]1CCCO1. The van der Waals surface area contributed by atoms with E-state index in [4.69, 9.17) is 4.74 Å². The number of ether oxygens (including phenoxy) is 1. The number of rotatable bonds is 5. The number of benzene rings is 1. The third kappa shape index (κ3) is 3.28. The summed E-state index contributed by atoms with van der Waals surface area (Å²) < 4.78 is 44.8. The zero-order chi connectivity index (χ0) is 16.4. The molecule has 2 heterocycles. The fourth-order valence-corrected chi connectivity index (χ4v) is 3.54. The van der Waals surface area contributed by atoms with Crippen molar-refractivity contribution in [2.75, 3.05) is 12.4 Å². The summed E-state index contributed by atoms with van der Waals surface area (Å²) >= 11 is 0. The zero-order valence-electron chi connectivity index (χ0n) is 12.8. The van der Waals surface area contributed by atoms with Gasteiger partial charge in [-0.05, 0) is 37.1 Å². The minimum Gasteiger partial charge on any atom is -0.376 e. The molecule has 8 heteroatoms. The smallest absolute Gasteiger partial charge is 0.250 e. The van der Waals surface area contributed by atoms with Gasteiger partial charge in [-0.15, -0.1) is 10.2 Å². The van der Waals surface area contributed by atoms with Crippen molar-refractivity contribution in [3.8, 4) is 11.4 Å². The highest BCUT2D eigenvalue weighted by molar-refractivity contribution is 7.91. The van der Waals surface area contributed by atoms with Crippen LogP contribution in [0.5, 0.6) is 0 Å². The number of nitrogens with zero attached hydrogens (tertiary/aromatic N) is 3. The summed E-state index contributed by atoms with van der Waals surface area (Å²) in [6.45, 7) is 2.61. The van der Waals surface area contributed by atoms with E-state index in [0.717, 1.165) is 12.8 Å². The van der Waals surface area contributed by atoms with Crippen LogP contribution < -0.4 is 0 Å². The molecule has 1 aliphatic rings. The van der Waals surface area contributed by atoms with Gasteiger partial charge in [0.15, 0.2) is 5.82 Å². The number of hydrogen-bond donors (Lipinski definition) is 0. The molecule has 0 bridgehead atoms. The molecule has 0 saturated carbocycles. The van der Waals surface area contributed by atoms with Crippen LogP contribution in [0.3, 0.4) is 0 Å². The molecule has 1 aromatic heterocycles. The van der Waals surface area contributed by atoms with Crippen molar-refractivity contribution in [2.45, 2.75) is 37.6 Å². The van der Waals surface area contributed by atoms with Gasteiger partial charge in [0.05, 0.1) is 18.4 Å². The molecule has 2 aromatic rings. The second-order valence-electron chi connectivity index (χ2n) is 5.46. The van der Waals surface area contributed by atoms with Crippen LogP contribution in [0.25, 0.3) is 11.4 Å². The minimum absolute atomic E-state index is 0.0555. The summed E-state index contributed by atoms with van der Waals surface area (Å²) in [7, 11) is -3.51. The van der Waals surface area contributed by atoms with Crippen molar-refractivity contribution in [1.82, 2.24) is 14.8 Å². The van der Waals surface area contributed by atoms with Crippen molar-refractivity contribution >= 4 is 9.84 Å². The number of halogens is 1. The van der Waals surface area contributed by atoms with E-state index in [1.165, 1.54) is 12.1 Å². The average molecular weight is 339 g/mol. The van der Waals surface area contributed by atoms with E-state index in [2.05, 4.69) is 10.2 Å². The molecule has 6 nitrogen and oxygen atoms in total. The van der Waals surface area contributed by atoms with Crippen LogP contribution in [0, 0.1) is 5.82 Å². The summed E-state index contributed by atoms with van der Waals surface area (Å²) in [5, 5.41) is 7.84. The Kier molecular flexibility index (Phi) is 4.45. The molecule has 124 valence electrons. The quantitative estimate of drug-likeness (QED) is 0.833. The maximum absolute atomic E-state index is 13.1. The van der Waals surface area contributed by atoms with E-state index in [-0.39, 0.29) is 22.8 Å². The summed E-state index contributed by atoms with van der Waals surface area (Å²) in [5.41, 5.74) is 0.620. The molecule has 0 spiro atoms. The standard InChI is InChI=1S/C15H18FN3O3S/c1-2-23(20,21)15-18-17-14(11-5-7-12(16)8-6-11)19(15)10-13-4-3-9-22-13/h5-8,13H,2-4,9-10H2,1H3/t13-/m1/s1. The van der Waals surface area contributed by atoms with Gasteiger partial charge in [-0.2, -0.15) is 0 Å². The first-order valence-electron chi connectivity index (χ1n) is 7.55. The first-order valence-corrected chi connectivity index (χ1v) is 9.20. The first kappa shape index (κ1) is 16.1. The Morgan fingerprint density at radius 2 is 2.04 bits per heavy atom. The Labute approximate surface area is 134 Å². The van der Waals surface area contributed by atoms with E-state index in [9.17, 15) is 12.8 Å². The highest BCUT2D eigenvalue weighted by atomic mass is 32.2. The molecule has 3 rings (SSSR count). The normalized spacial score (nSPS) is 18.4. The number of hydrogen-bond acceptors (Lipinski definition) is 5. The second kappa shape index (κ2) is 6.37. The van der Waals surface area contributed by atoms with E-state index >= 15 is 0 Å². The van der Waals surface area contributed by atoms with Crippen LogP contribution in [-0.2, 0) is 21.1 Å². The van der Waals surface area contributed by atoms with Crippen LogP contribution >= 0.6 is 0 Å². The first-order chi connectivity index (χ1) is 11.0. The van der Waals surface area contributed by atoms with Gasteiger partial charge in [-0.25, -0.2) is 12.8 Å². The Hall–Kier alpha value is -1.80. The van der Waals surface area contributed by atoms with E-state index in [1.807, 2.05) is 0 Å². The lowest BCUT2D eigenvalue weighted by Gasteiger charge is -2.14. The Morgan fingerprint density at radius 1 is 1.30 bits per heavy atom. The summed E-state index contributed by atoms with van der Waals surface area (Å²) in [6.07, 6.45) is 1.76. The molecule has 1 atom stereocenters. The van der Waals surface area contributed by atoms with Crippen LogP contribution in [0.4, 0.5) is 4.39 Å². The molecule has 1 aliphatic heterocycles.